The third-order valence-electron chi connectivity index (χ3n) is 8.84. The summed E-state index contributed by atoms with van der Waals surface area (Å²) < 4.78 is 33.7. The fourth-order valence-electron chi connectivity index (χ4n) is 5.24. The van der Waals surface area contributed by atoms with Crippen LogP contribution < -0.4 is 4.89 Å². The molecule has 2 N–H and O–H groups in total. The summed E-state index contributed by atoms with van der Waals surface area (Å²) in [6, 6.07) is 0. The van der Waals surface area contributed by atoms with E-state index < -0.39 is 44.7 Å². The number of phosphoric acid groups is 1. The molecule has 0 aromatic heterocycles. The SMILES string of the molecule is CC/C=C\C/C=C\C/C=C\C/C=C\C/C=C\CCCCCC(=O)O[C@H](COC(=O)CCC/C=C\[C@H](O)/C=C/C=C\C/C=C\C=C\[C@H](O)C/C=C\CC)COP(=O)([O-])OCC[N+](C)(C)C. The van der Waals surface area contributed by atoms with Gasteiger partial charge in [-0.3, -0.25) is 14.2 Å². The van der Waals surface area contributed by atoms with Crippen molar-refractivity contribution in [1.82, 2.24) is 0 Å². The fraction of sp³-hybridized carbons (Fsp3) is 0.538. The van der Waals surface area contributed by atoms with Gasteiger partial charge in [-0.1, -0.05) is 154 Å². The van der Waals surface area contributed by atoms with Crippen LogP contribution in [0.2, 0.25) is 0 Å². The molecule has 12 heteroatoms. The molecule has 0 amide bonds. The molecule has 0 saturated carbocycles. The van der Waals surface area contributed by atoms with Gasteiger partial charge in [0.05, 0.1) is 40.0 Å². The van der Waals surface area contributed by atoms with Gasteiger partial charge in [-0.2, -0.15) is 0 Å². The quantitative estimate of drug-likeness (QED) is 0.0152. The maximum absolute atomic E-state index is 12.7. The van der Waals surface area contributed by atoms with Crippen molar-refractivity contribution in [2.75, 3.05) is 47.5 Å². The Balaban J connectivity index is 4.66. The third-order valence-corrected chi connectivity index (χ3v) is 9.80. The lowest BCUT2D eigenvalue weighted by molar-refractivity contribution is -0.870. The number of aliphatic hydroxyl groups excluding tert-OH is 2. The second-order valence-corrected chi connectivity index (χ2v) is 17.5. The number of aliphatic hydroxyl groups is 2. The first-order valence-electron chi connectivity index (χ1n) is 23.1. The molecule has 0 aliphatic rings. The maximum atomic E-state index is 12.7. The lowest BCUT2D eigenvalue weighted by Crippen LogP contribution is -2.37. The van der Waals surface area contributed by atoms with E-state index in [1.54, 1.807) is 30.4 Å². The number of carbonyl (C=O) groups is 2. The summed E-state index contributed by atoms with van der Waals surface area (Å²) in [7, 11) is 1.00. The molecule has 0 aromatic rings. The minimum atomic E-state index is -4.70. The number of rotatable bonds is 39. The van der Waals surface area contributed by atoms with Gasteiger partial charge in [0.2, 0.25) is 0 Å². The second kappa shape index (κ2) is 41.8. The van der Waals surface area contributed by atoms with Crippen molar-refractivity contribution in [3.63, 3.8) is 0 Å². The Hall–Kier alpha value is -3.93. The summed E-state index contributed by atoms with van der Waals surface area (Å²) in [6.45, 7) is 3.62. The van der Waals surface area contributed by atoms with Gasteiger partial charge in [-0.15, -0.1) is 0 Å². The molecule has 360 valence electrons. The van der Waals surface area contributed by atoms with Crippen LogP contribution in [0.25, 0.3) is 0 Å². The van der Waals surface area contributed by atoms with Crippen LogP contribution in [0.4, 0.5) is 0 Å². The molecule has 0 heterocycles. The van der Waals surface area contributed by atoms with Crippen molar-refractivity contribution in [2.45, 2.75) is 135 Å². The van der Waals surface area contributed by atoms with Crippen LogP contribution in [0.15, 0.2) is 134 Å². The standard InChI is InChI=1S/C52H82NO10P/c1-6-8-10-11-12-13-14-15-16-17-18-19-20-21-22-23-27-30-36-43-52(57)63-50(47-62-64(58,59)61-45-44-53(3,4)5)46-60-51(56)42-37-31-35-41-49(55)40-34-29-26-24-25-28-33-39-48(54)38-32-9-7-2/h8-10,12-13,15-16,18-19,21-22,25-26,28-29,32-35,39-41,48-50,54-55H,6-7,11,14,17,20,23-24,27,30-31,36-38,42-47H2,1-5H3/b10-8-,13-12-,16-15-,19-18-,22-21-,28-25-,29-26-,32-9-,39-33+,40-34+,41-35-/t48-,49-,50-/m1/s1. The Morgan fingerprint density at radius 3 is 1.77 bits per heavy atom. The minimum absolute atomic E-state index is 0.0736. The summed E-state index contributed by atoms with van der Waals surface area (Å²) in [5, 5.41) is 20.0. The average Bonchev–Trinajstić information content (AvgIpc) is 3.24. The first-order chi connectivity index (χ1) is 30.8. The van der Waals surface area contributed by atoms with Crippen LogP contribution in [0.1, 0.15) is 117 Å². The molecule has 1 unspecified atom stereocenters. The largest absolute Gasteiger partial charge is 0.756 e. The van der Waals surface area contributed by atoms with E-state index in [1.165, 1.54) is 0 Å². The van der Waals surface area contributed by atoms with Gasteiger partial charge < -0.3 is 38.1 Å². The lowest BCUT2D eigenvalue weighted by Gasteiger charge is -2.28. The molecule has 4 atom stereocenters. The molecular formula is C52H82NO10P. The Labute approximate surface area is 386 Å². The molecule has 0 bridgehead atoms. The van der Waals surface area contributed by atoms with Gasteiger partial charge in [0.25, 0.3) is 7.82 Å². The third kappa shape index (κ3) is 44.7. The first-order valence-corrected chi connectivity index (χ1v) is 24.6. The van der Waals surface area contributed by atoms with Crippen molar-refractivity contribution in [3.05, 3.63) is 134 Å². The van der Waals surface area contributed by atoms with E-state index in [-0.39, 0.29) is 26.1 Å². The molecular weight excluding hydrogens is 830 g/mol. The zero-order valence-corrected chi connectivity index (χ0v) is 40.5. The normalized spacial score (nSPS) is 15.7. The van der Waals surface area contributed by atoms with Gasteiger partial charge in [0.1, 0.15) is 19.8 Å². The first kappa shape index (κ1) is 60.1. The topological polar surface area (TPSA) is 152 Å². The Morgan fingerprint density at radius 2 is 1.14 bits per heavy atom. The van der Waals surface area contributed by atoms with Gasteiger partial charge >= 0.3 is 11.9 Å². The molecule has 11 nitrogen and oxygen atoms in total. The van der Waals surface area contributed by atoms with E-state index in [9.17, 15) is 29.3 Å². The number of esters is 2. The van der Waals surface area contributed by atoms with Crippen molar-refractivity contribution < 1.29 is 52.3 Å². The zero-order chi connectivity index (χ0) is 47.4. The maximum Gasteiger partial charge on any atom is 0.306 e. The minimum Gasteiger partial charge on any atom is -0.756 e. The van der Waals surface area contributed by atoms with Crippen LogP contribution in [-0.4, -0.2) is 92.5 Å². The molecule has 0 aromatic carbocycles. The van der Waals surface area contributed by atoms with Crippen molar-refractivity contribution in [2.24, 2.45) is 0 Å². The van der Waals surface area contributed by atoms with Crippen LogP contribution in [0.5, 0.6) is 0 Å². The van der Waals surface area contributed by atoms with Crippen molar-refractivity contribution in [3.8, 4) is 0 Å². The number of allylic oxidation sites excluding steroid dienone is 18. The summed E-state index contributed by atoms with van der Waals surface area (Å²) >= 11 is 0. The average molecular weight is 912 g/mol. The molecule has 0 spiro atoms. The number of hydrogen-bond acceptors (Lipinski definition) is 10. The second-order valence-electron chi connectivity index (χ2n) is 16.0. The van der Waals surface area contributed by atoms with Gasteiger partial charge in [-0.05, 0) is 83.5 Å². The van der Waals surface area contributed by atoms with Gasteiger partial charge in [-0.25, -0.2) is 0 Å². The number of quaternary nitrogens is 1. The monoisotopic (exact) mass is 912 g/mol. The van der Waals surface area contributed by atoms with Crippen LogP contribution >= 0.6 is 7.82 Å². The molecule has 0 radical (unpaired) electrons. The fourth-order valence-corrected chi connectivity index (χ4v) is 5.97. The highest BCUT2D eigenvalue weighted by Gasteiger charge is 2.21. The Morgan fingerprint density at radius 1 is 0.594 bits per heavy atom. The van der Waals surface area contributed by atoms with E-state index in [0.717, 1.165) is 57.8 Å². The van der Waals surface area contributed by atoms with E-state index in [2.05, 4.69) is 74.6 Å². The molecule has 0 aliphatic heterocycles. The summed E-state index contributed by atoms with van der Waals surface area (Å²) in [6.07, 6.45) is 52.7. The van der Waals surface area contributed by atoms with E-state index in [0.29, 0.717) is 43.1 Å². The predicted molar refractivity (Wildman–Crippen MR) is 261 cm³/mol. The molecule has 0 fully saturated rings. The number of hydrogen-bond donors (Lipinski definition) is 2. The summed E-state index contributed by atoms with van der Waals surface area (Å²) in [5.74, 6) is -1.07. The number of likely N-dealkylation sites (N-methyl/N-ethyl adjacent to an activating group) is 1. The number of phosphoric ester groups is 1. The van der Waals surface area contributed by atoms with E-state index in [4.69, 9.17) is 18.5 Å². The zero-order valence-electron chi connectivity index (χ0n) is 39.6. The predicted octanol–water partition coefficient (Wildman–Crippen LogP) is 10.8. The molecule has 64 heavy (non-hydrogen) atoms. The van der Waals surface area contributed by atoms with Crippen molar-refractivity contribution in [1.29, 1.82) is 0 Å². The molecule has 0 rings (SSSR count). The van der Waals surface area contributed by atoms with E-state index in [1.807, 2.05) is 63.7 Å². The lowest BCUT2D eigenvalue weighted by atomic mass is 10.1. The molecule has 0 aliphatic carbocycles. The van der Waals surface area contributed by atoms with E-state index >= 15 is 0 Å². The van der Waals surface area contributed by atoms with Crippen LogP contribution in [0, 0.1) is 0 Å². The number of nitrogens with zero attached hydrogens (tertiary/aromatic N) is 1. The highest BCUT2D eigenvalue weighted by Crippen LogP contribution is 2.38. The number of ether oxygens (including phenoxy) is 2. The molecule has 0 saturated heterocycles. The highest BCUT2D eigenvalue weighted by atomic mass is 31.2. The van der Waals surface area contributed by atoms with Crippen molar-refractivity contribution >= 4 is 19.8 Å². The number of carbonyl (C=O) groups excluding carboxylic acids is 2. The van der Waals surface area contributed by atoms with Gasteiger partial charge in [0.15, 0.2) is 6.10 Å². The number of unbranched alkanes of at least 4 members (excludes halogenated alkanes) is 4. The highest BCUT2D eigenvalue weighted by molar-refractivity contribution is 7.45. The Bertz CT molecular complexity index is 1580. The Kier molecular flexibility index (Phi) is 39.2. The van der Waals surface area contributed by atoms with Crippen LogP contribution in [0.3, 0.4) is 0 Å². The summed E-state index contributed by atoms with van der Waals surface area (Å²) in [4.78, 5) is 37.6. The van der Waals surface area contributed by atoms with Gasteiger partial charge in [0, 0.05) is 12.8 Å². The summed E-state index contributed by atoms with van der Waals surface area (Å²) in [5.41, 5.74) is 0. The smallest absolute Gasteiger partial charge is 0.306 e. The van der Waals surface area contributed by atoms with Crippen LogP contribution in [-0.2, 0) is 32.7 Å².